The average molecular weight is 366 g/mol. The summed E-state index contributed by atoms with van der Waals surface area (Å²) in [7, 11) is 0. The molecule has 0 bridgehead atoms. The van der Waals surface area contributed by atoms with Crippen LogP contribution in [0.4, 0.5) is 5.13 Å². The Balaban J connectivity index is 1.65. The molecule has 3 aromatic heterocycles. The summed E-state index contributed by atoms with van der Waals surface area (Å²) in [4.78, 5) is 13.1. The van der Waals surface area contributed by atoms with Gasteiger partial charge in [0, 0.05) is 13.0 Å². The van der Waals surface area contributed by atoms with E-state index in [-0.39, 0.29) is 12.3 Å². The number of aromatic amines is 1. The molecule has 0 unspecified atom stereocenters. The number of anilines is 1. The minimum atomic E-state index is -0.121. The lowest BCUT2D eigenvalue weighted by Gasteiger charge is -2.05. The Labute approximate surface area is 145 Å². The summed E-state index contributed by atoms with van der Waals surface area (Å²) >= 11 is 8.21. The molecule has 0 aliphatic heterocycles. The van der Waals surface area contributed by atoms with E-state index in [1.807, 2.05) is 29.0 Å². The van der Waals surface area contributed by atoms with E-state index in [2.05, 4.69) is 25.7 Å². The smallest absolute Gasteiger partial charge is 0.227 e. The fraction of sp³-hybridized carbons (Fsp3) is 0.308. The van der Waals surface area contributed by atoms with E-state index < -0.39 is 0 Å². The molecule has 3 aromatic rings. The lowest BCUT2D eigenvalue weighted by Crippen LogP contribution is -2.15. The first kappa shape index (κ1) is 16.0. The van der Waals surface area contributed by atoms with E-state index in [1.165, 1.54) is 11.3 Å². The molecule has 0 aromatic carbocycles. The Hall–Kier alpha value is -1.91. The van der Waals surface area contributed by atoms with Crippen molar-refractivity contribution in [2.75, 3.05) is 5.32 Å². The topological polar surface area (TPSA) is 88.5 Å². The zero-order valence-electron chi connectivity index (χ0n) is 12.3. The number of H-pyrrole nitrogens is 1. The molecule has 3 rings (SSSR count). The maximum Gasteiger partial charge on any atom is 0.227 e. The number of hydrogen-bond donors (Lipinski definition) is 2. The molecule has 0 aliphatic carbocycles. The van der Waals surface area contributed by atoms with Gasteiger partial charge in [-0.1, -0.05) is 24.3 Å². The van der Waals surface area contributed by atoms with Crippen molar-refractivity contribution < 1.29 is 4.79 Å². The van der Waals surface area contributed by atoms with E-state index in [1.54, 1.807) is 11.3 Å². The molecule has 1 amide bonds. The van der Waals surface area contributed by atoms with Gasteiger partial charge in [0.2, 0.25) is 11.0 Å². The number of aryl methyl sites for hydroxylation is 1. The van der Waals surface area contributed by atoms with Gasteiger partial charge >= 0.3 is 0 Å². The third-order valence-electron chi connectivity index (χ3n) is 3.08. The highest BCUT2D eigenvalue weighted by Gasteiger charge is 2.12. The van der Waals surface area contributed by atoms with Gasteiger partial charge in [-0.05, 0) is 30.1 Å². The van der Waals surface area contributed by atoms with Gasteiger partial charge in [0.05, 0.1) is 4.88 Å². The van der Waals surface area contributed by atoms with E-state index in [4.69, 9.17) is 12.2 Å². The first-order valence-electron chi connectivity index (χ1n) is 6.98. The van der Waals surface area contributed by atoms with Crippen molar-refractivity contribution in [1.29, 1.82) is 0 Å². The zero-order chi connectivity index (χ0) is 16.2. The summed E-state index contributed by atoms with van der Waals surface area (Å²) in [6, 6.07) is 3.93. The van der Waals surface area contributed by atoms with Gasteiger partial charge in [-0.3, -0.25) is 14.5 Å². The molecular formula is C13H14N6OS3. The van der Waals surface area contributed by atoms with Crippen LogP contribution in [0.15, 0.2) is 17.5 Å². The quantitative estimate of drug-likeness (QED) is 0.654. The predicted molar refractivity (Wildman–Crippen MR) is 93.3 cm³/mol. The SMILES string of the molecule is CCc1nnc(NC(=O)CCn2c(-c3cccs3)n[nH]c2=S)s1. The van der Waals surface area contributed by atoms with Gasteiger partial charge in [-0.15, -0.1) is 21.5 Å². The molecule has 7 nitrogen and oxygen atoms in total. The van der Waals surface area contributed by atoms with Crippen molar-refractivity contribution in [3.63, 3.8) is 0 Å². The number of thiophene rings is 1. The average Bonchev–Trinajstić information content (AvgIpc) is 3.26. The molecule has 3 heterocycles. The minimum Gasteiger partial charge on any atom is -0.300 e. The van der Waals surface area contributed by atoms with Crippen molar-refractivity contribution in [1.82, 2.24) is 25.0 Å². The van der Waals surface area contributed by atoms with Gasteiger partial charge in [0.15, 0.2) is 10.6 Å². The Bertz CT molecular complexity index is 847. The first-order valence-corrected chi connectivity index (χ1v) is 9.09. The van der Waals surface area contributed by atoms with Gasteiger partial charge in [0.1, 0.15) is 5.01 Å². The van der Waals surface area contributed by atoms with Gasteiger partial charge in [-0.2, -0.15) is 5.10 Å². The van der Waals surface area contributed by atoms with Gasteiger partial charge in [-0.25, -0.2) is 0 Å². The summed E-state index contributed by atoms with van der Waals surface area (Å²) in [5, 5.41) is 21.1. The largest absolute Gasteiger partial charge is 0.300 e. The second-order valence-electron chi connectivity index (χ2n) is 4.63. The van der Waals surface area contributed by atoms with Crippen LogP contribution in [0.5, 0.6) is 0 Å². The van der Waals surface area contributed by atoms with Crippen LogP contribution in [0.1, 0.15) is 18.4 Å². The van der Waals surface area contributed by atoms with E-state index in [0.29, 0.717) is 16.4 Å². The van der Waals surface area contributed by atoms with E-state index in [9.17, 15) is 4.79 Å². The molecule has 0 radical (unpaired) electrons. The van der Waals surface area contributed by atoms with Crippen molar-refractivity contribution in [2.24, 2.45) is 0 Å². The monoisotopic (exact) mass is 366 g/mol. The molecule has 0 saturated heterocycles. The highest BCUT2D eigenvalue weighted by molar-refractivity contribution is 7.71. The molecule has 0 fully saturated rings. The van der Waals surface area contributed by atoms with Crippen molar-refractivity contribution in [3.05, 3.63) is 27.3 Å². The molecule has 2 N–H and O–H groups in total. The summed E-state index contributed by atoms with van der Waals surface area (Å²) in [5.74, 6) is 0.631. The van der Waals surface area contributed by atoms with Crippen LogP contribution in [0, 0.1) is 4.77 Å². The van der Waals surface area contributed by atoms with Crippen molar-refractivity contribution >= 4 is 45.9 Å². The van der Waals surface area contributed by atoms with E-state index >= 15 is 0 Å². The number of amides is 1. The second kappa shape index (κ2) is 7.11. The second-order valence-corrected chi connectivity index (χ2v) is 7.03. The highest BCUT2D eigenvalue weighted by atomic mass is 32.1. The van der Waals surface area contributed by atoms with Crippen LogP contribution in [-0.4, -0.2) is 30.9 Å². The standard InChI is InChI=1S/C13H14N6OS3/c1-2-10-15-17-12(23-10)14-9(20)5-6-19-11(16-18-13(19)21)8-4-3-7-22-8/h3-4,7H,2,5-6H2,1H3,(H,18,21)(H,14,17,20). The Morgan fingerprint density at radius 2 is 2.35 bits per heavy atom. The number of carbonyl (C=O) groups excluding carboxylic acids is 1. The molecule has 23 heavy (non-hydrogen) atoms. The van der Waals surface area contributed by atoms with Crippen LogP contribution in [0.25, 0.3) is 10.7 Å². The third-order valence-corrected chi connectivity index (χ3v) is 5.24. The van der Waals surface area contributed by atoms with Crippen LogP contribution in [0.2, 0.25) is 0 Å². The first-order chi connectivity index (χ1) is 11.2. The minimum absolute atomic E-state index is 0.121. The Morgan fingerprint density at radius 1 is 1.48 bits per heavy atom. The molecule has 0 spiro atoms. The van der Waals surface area contributed by atoms with Gasteiger partial charge < -0.3 is 5.32 Å². The number of rotatable bonds is 6. The molecule has 0 saturated carbocycles. The number of nitrogens with one attached hydrogen (secondary N) is 2. The summed E-state index contributed by atoms with van der Waals surface area (Å²) in [6.45, 7) is 2.45. The molecule has 0 atom stereocenters. The summed E-state index contributed by atoms with van der Waals surface area (Å²) in [6.07, 6.45) is 1.09. The van der Waals surface area contributed by atoms with E-state index in [0.717, 1.165) is 22.1 Å². The van der Waals surface area contributed by atoms with Crippen LogP contribution >= 0.6 is 34.9 Å². The lowest BCUT2D eigenvalue weighted by atomic mass is 10.3. The number of carbonyl (C=O) groups is 1. The third kappa shape index (κ3) is 3.71. The number of hydrogen-bond acceptors (Lipinski definition) is 7. The van der Waals surface area contributed by atoms with Crippen molar-refractivity contribution in [3.8, 4) is 10.7 Å². The Kier molecular flexibility index (Phi) is 4.94. The Morgan fingerprint density at radius 3 is 3.04 bits per heavy atom. The number of aromatic nitrogens is 5. The number of nitrogens with zero attached hydrogens (tertiary/aromatic N) is 4. The molecular weight excluding hydrogens is 352 g/mol. The fourth-order valence-electron chi connectivity index (χ4n) is 1.96. The van der Waals surface area contributed by atoms with Crippen molar-refractivity contribution in [2.45, 2.75) is 26.3 Å². The summed E-state index contributed by atoms with van der Waals surface area (Å²) < 4.78 is 2.34. The predicted octanol–water partition coefficient (Wildman–Crippen LogP) is 3.11. The normalized spacial score (nSPS) is 10.8. The van der Waals surface area contributed by atoms with Crippen LogP contribution < -0.4 is 5.32 Å². The summed E-state index contributed by atoms with van der Waals surface area (Å²) in [5.41, 5.74) is 0. The molecule has 0 aliphatic rings. The van der Waals surface area contributed by atoms with Crippen LogP contribution in [0.3, 0.4) is 0 Å². The maximum absolute atomic E-state index is 12.1. The molecule has 10 heteroatoms. The van der Waals surface area contributed by atoms with Gasteiger partial charge in [0.25, 0.3) is 0 Å². The fourth-order valence-corrected chi connectivity index (χ4v) is 3.60. The zero-order valence-corrected chi connectivity index (χ0v) is 14.7. The lowest BCUT2D eigenvalue weighted by molar-refractivity contribution is -0.116. The maximum atomic E-state index is 12.1. The van der Waals surface area contributed by atoms with Crippen LogP contribution in [-0.2, 0) is 17.8 Å². The highest BCUT2D eigenvalue weighted by Crippen LogP contribution is 2.23. The molecule has 120 valence electrons.